The van der Waals surface area contributed by atoms with Crippen LogP contribution in [0.2, 0.25) is 0 Å². The van der Waals surface area contributed by atoms with Crippen LogP contribution in [0.1, 0.15) is 21.5 Å². The van der Waals surface area contributed by atoms with Crippen molar-refractivity contribution in [2.75, 3.05) is 0 Å². The zero-order valence-corrected chi connectivity index (χ0v) is 10.9. The summed E-state index contributed by atoms with van der Waals surface area (Å²) in [5.74, 6) is -0.958. The van der Waals surface area contributed by atoms with E-state index in [0.29, 0.717) is 12.1 Å². The Bertz CT molecular complexity index is 793. The molecule has 1 aromatic heterocycles. The summed E-state index contributed by atoms with van der Waals surface area (Å²) >= 11 is 0. The number of aromatic nitrogens is 3. The normalized spacial score (nSPS) is 10.8. The third kappa shape index (κ3) is 2.14. The van der Waals surface area contributed by atoms with E-state index in [1.165, 1.54) is 11.1 Å². The smallest absolute Gasteiger partial charge is 0.335 e. The standard InChI is InChI=1S/C15H13N3O2/c1-10-4-2-3-5-12(10)9-18-14-7-6-11(15(19)20)8-13(14)16-17-18/h2-8H,9H2,1H3,(H,19,20). The van der Waals surface area contributed by atoms with E-state index in [1.807, 2.05) is 12.1 Å². The van der Waals surface area contributed by atoms with Crippen molar-refractivity contribution in [2.24, 2.45) is 0 Å². The first-order valence-electron chi connectivity index (χ1n) is 6.26. The second kappa shape index (κ2) is 4.77. The minimum absolute atomic E-state index is 0.223. The second-order valence-corrected chi connectivity index (χ2v) is 4.68. The number of fused-ring (bicyclic) bond motifs is 1. The summed E-state index contributed by atoms with van der Waals surface area (Å²) in [4.78, 5) is 10.9. The average molecular weight is 267 g/mol. The third-order valence-corrected chi connectivity index (χ3v) is 3.34. The highest BCUT2D eigenvalue weighted by molar-refractivity contribution is 5.92. The van der Waals surface area contributed by atoms with E-state index in [4.69, 9.17) is 5.11 Å². The van der Waals surface area contributed by atoms with Gasteiger partial charge in [0.25, 0.3) is 0 Å². The maximum Gasteiger partial charge on any atom is 0.335 e. The molecule has 0 bridgehead atoms. The molecule has 0 aliphatic heterocycles. The Hall–Kier alpha value is -2.69. The molecule has 1 N–H and O–H groups in total. The monoisotopic (exact) mass is 267 g/mol. The molecular weight excluding hydrogens is 254 g/mol. The molecule has 0 saturated heterocycles. The number of aromatic carboxylic acids is 1. The molecule has 5 nitrogen and oxygen atoms in total. The Morgan fingerprint density at radius 2 is 2.05 bits per heavy atom. The van der Waals surface area contributed by atoms with Crippen molar-refractivity contribution in [3.63, 3.8) is 0 Å². The number of carbonyl (C=O) groups is 1. The minimum atomic E-state index is -0.958. The van der Waals surface area contributed by atoms with Crippen LogP contribution in [0.3, 0.4) is 0 Å². The van der Waals surface area contributed by atoms with Crippen molar-refractivity contribution in [1.29, 1.82) is 0 Å². The highest BCUT2D eigenvalue weighted by Crippen LogP contribution is 2.16. The third-order valence-electron chi connectivity index (χ3n) is 3.34. The number of carboxylic acids is 1. The molecule has 3 aromatic rings. The molecule has 0 aliphatic rings. The number of aryl methyl sites for hydroxylation is 1. The number of carboxylic acid groups (broad SMARTS) is 1. The van der Waals surface area contributed by atoms with Crippen LogP contribution in [-0.4, -0.2) is 26.1 Å². The van der Waals surface area contributed by atoms with Gasteiger partial charge < -0.3 is 5.11 Å². The maximum atomic E-state index is 10.9. The Morgan fingerprint density at radius 3 is 2.80 bits per heavy atom. The molecule has 0 radical (unpaired) electrons. The lowest BCUT2D eigenvalue weighted by Crippen LogP contribution is -2.03. The molecule has 1 heterocycles. The van der Waals surface area contributed by atoms with Crippen molar-refractivity contribution >= 4 is 17.0 Å². The van der Waals surface area contributed by atoms with E-state index in [-0.39, 0.29) is 5.56 Å². The lowest BCUT2D eigenvalue weighted by Gasteiger charge is -2.06. The first-order chi connectivity index (χ1) is 9.65. The summed E-state index contributed by atoms with van der Waals surface area (Å²) in [6, 6.07) is 12.9. The van der Waals surface area contributed by atoms with E-state index >= 15 is 0 Å². The van der Waals surface area contributed by atoms with Crippen molar-refractivity contribution in [1.82, 2.24) is 15.0 Å². The molecule has 0 atom stereocenters. The fourth-order valence-electron chi connectivity index (χ4n) is 2.17. The quantitative estimate of drug-likeness (QED) is 0.791. The largest absolute Gasteiger partial charge is 0.478 e. The molecule has 3 rings (SSSR count). The van der Waals surface area contributed by atoms with Crippen molar-refractivity contribution in [3.8, 4) is 0 Å². The lowest BCUT2D eigenvalue weighted by molar-refractivity contribution is 0.0697. The molecule has 0 amide bonds. The van der Waals surface area contributed by atoms with Gasteiger partial charge in [0.05, 0.1) is 17.6 Å². The van der Waals surface area contributed by atoms with Crippen LogP contribution < -0.4 is 0 Å². The first kappa shape index (κ1) is 12.3. The van der Waals surface area contributed by atoms with Gasteiger partial charge in [-0.15, -0.1) is 5.10 Å². The second-order valence-electron chi connectivity index (χ2n) is 4.68. The highest BCUT2D eigenvalue weighted by atomic mass is 16.4. The molecule has 20 heavy (non-hydrogen) atoms. The number of hydrogen-bond donors (Lipinski definition) is 1. The van der Waals surface area contributed by atoms with E-state index in [9.17, 15) is 4.79 Å². The fourth-order valence-corrected chi connectivity index (χ4v) is 2.17. The summed E-state index contributed by atoms with van der Waals surface area (Å²) < 4.78 is 1.78. The van der Waals surface area contributed by atoms with Gasteiger partial charge in [-0.2, -0.15) is 0 Å². The van der Waals surface area contributed by atoms with Crippen LogP contribution in [0.25, 0.3) is 11.0 Å². The fraction of sp³-hybridized carbons (Fsp3) is 0.133. The van der Waals surface area contributed by atoms with Gasteiger partial charge >= 0.3 is 5.97 Å². The van der Waals surface area contributed by atoms with Gasteiger partial charge in [-0.1, -0.05) is 29.5 Å². The zero-order valence-electron chi connectivity index (χ0n) is 10.9. The number of nitrogens with zero attached hydrogens (tertiary/aromatic N) is 3. The first-order valence-corrected chi connectivity index (χ1v) is 6.26. The summed E-state index contributed by atoms with van der Waals surface area (Å²) in [5.41, 5.74) is 4.01. The highest BCUT2D eigenvalue weighted by Gasteiger charge is 2.09. The molecule has 100 valence electrons. The molecule has 0 unspecified atom stereocenters. The van der Waals surface area contributed by atoms with Crippen LogP contribution in [-0.2, 0) is 6.54 Å². The van der Waals surface area contributed by atoms with Crippen LogP contribution in [0.15, 0.2) is 42.5 Å². The molecule has 0 fully saturated rings. The van der Waals surface area contributed by atoms with Crippen molar-refractivity contribution < 1.29 is 9.90 Å². The SMILES string of the molecule is Cc1ccccc1Cn1nnc2cc(C(=O)O)ccc21. The topological polar surface area (TPSA) is 68.0 Å². The molecule has 5 heteroatoms. The van der Waals surface area contributed by atoms with Gasteiger partial charge in [0, 0.05) is 0 Å². The Morgan fingerprint density at radius 1 is 1.25 bits per heavy atom. The summed E-state index contributed by atoms with van der Waals surface area (Å²) in [6.07, 6.45) is 0. The number of rotatable bonds is 3. The molecule has 0 spiro atoms. The van der Waals surface area contributed by atoms with E-state index < -0.39 is 5.97 Å². The Labute approximate surface area is 115 Å². The van der Waals surface area contributed by atoms with Crippen LogP contribution in [0.5, 0.6) is 0 Å². The number of benzene rings is 2. The molecule has 0 aliphatic carbocycles. The van der Waals surface area contributed by atoms with Gasteiger partial charge in [-0.05, 0) is 36.2 Å². The molecule has 0 saturated carbocycles. The summed E-state index contributed by atoms with van der Waals surface area (Å²) in [5, 5.41) is 17.1. The predicted molar refractivity (Wildman–Crippen MR) is 74.8 cm³/mol. The van der Waals surface area contributed by atoms with Gasteiger partial charge in [0.2, 0.25) is 0 Å². The minimum Gasteiger partial charge on any atom is -0.478 e. The van der Waals surface area contributed by atoms with Crippen LogP contribution in [0, 0.1) is 6.92 Å². The zero-order chi connectivity index (χ0) is 14.1. The predicted octanol–water partition coefficient (Wildman–Crippen LogP) is 2.49. The Kier molecular flexibility index (Phi) is 2.95. The van der Waals surface area contributed by atoms with Gasteiger partial charge in [0.15, 0.2) is 0 Å². The maximum absolute atomic E-state index is 10.9. The van der Waals surface area contributed by atoms with Gasteiger partial charge in [0.1, 0.15) is 5.52 Å². The van der Waals surface area contributed by atoms with E-state index in [2.05, 4.69) is 29.4 Å². The summed E-state index contributed by atoms with van der Waals surface area (Å²) in [6.45, 7) is 2.67. The lowest BCUT2D eigenvalue weighted by atomic mass is 10.1. The van der Waals surface area contributed by atoms with Crippen LogP contribution in [0.4, 0.5) is 0 Å². The van der Waals surface area contributed by atoms with Crippen molar-refractivity contribution in [2.45, 2.75) is 13.5 Å². The average Bonchev–Trinajstić information content (AvgIpc) is 2.84. The molecular formula is C15H13N3O2. The Balaban J connectivity index is 2.01. The van der Waals surface area contributed by atoms with Crippen molar-refractivity contribution in [3.05, 3.63) is 59.2 Å². The van der Waals surface area contributed by atoms with Gasteiger partial charge in [-0.25, -0.2) is 9.48 Å². The van der Waals surface area contributed by atoms with Crippen LogP contribution >= 0.6 is 0 Å². The number of hydrogen-bond acceptors (Lipinski definition) is 3. The van der Waals surface area contributed by atoms with Gasteiger partial charge in [-0.3, -0.25) is 0 Å². The molecule has 2 aromatic carbocycles. The van der Waals surface area contributed by atoms with E-state index in [0.717, 1.165) is 5.52 Å². The summed E-state index contributed by atoms with van der Waals surface area (Å²) in [7, 11) is 0. The van der Waals surface area contributed by atoms with E-state index in [1.54, 1.807) is 22.9 Å².